The molecule has 0 spiro atoms. The van der Waals surface area contributed by atoms with Crippen LogP contribution in [0.25, 0.3) is 11.7 Å². The summed E-state index contributed by atoms with van der Waals surface area (Å²) in [5.74, 6) is 1.29. The van der Waals surface area contributed by atoms with E-state index in [1.165, 1.54) is 10.4 Å². The van der Waals surface area contributed by atoms with Crippen molar-refractivity contribution >= 4 is 39.4 Å². The van der Waals surface area contributed by atoms with Crippen LogP contribution in [0.5, 0.6) is 0 Å². The molecule has 1 aromatic carbocycles. The third-order valence-electron chi connectivity index (χ3n) is 5.23. The predicted octanol–water partition coefficient (Wildman–Crippen LogP) is 3.38. The average Bonchev–Trinajstić information content (AvgIpc) is 3.25. The van der Waals surface area contributed by atoms with Crippen molar-refractivity contribution in [2.45, 2.75) is 31.2 Å². The van der Waals surface area contributed by atoms with Crippen LogP contribution < -0.4 is 5.32 Å². The van der Waals surface area contributed by atoms with Gasteiger partial charge < -0.3 is 5.32 Å². The van der Waals surface area contributed by atoms with Crippen molar-refractivity contribution in [3.05, 3.63) is 66.1 Å². The summed E-state index contributed by atoms with van der Waals surface area (Å²) in [6.45, 7) is 4.45. The maximum absolute atomic E-state index is 12.6. The summed E-state index contributed by atoms with van der Waals surface area (Å²) in [5, 5.41) is 11.5. The minimum atomic E-state index is -3.50. The van der Waals surface area contributed by atoms with Crippen LogP contribution in [0.15, 0.2) is 59.6 Å². The highest BCUT2D eigenvalue weighted by molar-refractivity contribution is 7.98. The van der Waals surface area contributed by atoms with E-state index in [9.17, 15) is 13.2 Å². The Labute approximate surface area is 199 Å². The van der Waals surface area contributed by atoms with Crippen LogP contribution in [0.3, 0.4) is 0 Å². The molecular formula is C23H29N5O3S2. The number of fused-ring (bicyclic) bond motifs is 1. The van der Waals surface area contributed by atoms with Gasteiger partial charge in [-0.2, -0.15) is 16.1 Å². The van der Waals surface area contributed by atoms with Gasteiger partial charge in [-0.1, -0.05) is 32.0 Å². The fraction of sp³-hybridized carbons (Fsp3) is 0.348. The second-order valence-electron chi connectivity index (χ2n) is 7.32. The molecule has 0 fully saturated rings. The number of nitrogens with zero attached hydrogens (tertiary/aromatic N) is 4. The van der Waals surface area contributed by atoms with E-state index >= 15 is 0 Å². The number of pyridine rings is 1. The molecular weight excluding hydrogens is 458 g/mol. The summed E-state index contributed by atoms with van der Waals surface area (Å²) in [4.78, 5) is 12.9. The molecule has 1 N–H and O–H groups in total. The molecule has 0 saturated carbocycles. The Kier molecular flexibility index (Phi) is 8.65. The number of hydrogen-bond acceptors (Lipinski definition) is 6. The molecule has 0 aliphatic carbocycles. The smallest absolute Gasteiger partial charge is 0.244 e. The second-order valence-corrected chi connectivity index (χ2v) is 10.2. The molecule has 2 heterocycles. The van der Waals surface area contributed by atoms with Crippen molar-refractivity contribution in [2.24, 2.45) is 0 Å². The van der Waals surface area contributed by atoms with Gasteiger partial charge in [-0.3, -0.25) is 9.20 Å². The van der Waals surface area contributed by atoms with Crippen molar-refractivity contribution in [1.29, 1.82) is 0 Å². The lowest BCUT2D eigenvalue weighted by atomic mass is 10.2. The topological polar surface area (TPSA) is 96.7 Å². The lowest BCUT2D eigenvalue weighted by Crippen LogP contribution is -2.30. The Morgan fingerprint density at radius 2 is 1.88 bits per heavy atom. The minimum absolute atomic E-state index is 0.239. The highest BCUT2D eigenvalue weighted by Gasteiger charge is 2.21. The quantitative estimate of drug-likeness (QED) is 0.417. The number of rotatable bonds is 11. The maximum atomic E-state index is 12.6. The zero-order valence-electron chi connectivity index (χ0n) is 19.0. The van der Waals surface area contributed by atoms with Crippen LogP contribution in [0.4, 0.5) is 0 Å². The highest BCUT2D eigenvalue weighted by atomic mass is 32.2. The summed E-state index contributed by atoms with van der Waals surface area (Å²) in [6.07, 6.45) is 7.73. The predicted molar refractivity (Wildman–Crippen MR) is 132 cm³/mol. The molecule has 1 unspecified atom stereocenters. The highest BCUT2D eigenvalue weighted by Crippen LogP contribution is 2.19. The Morgan fingerprint density at radius 3 is 2.55 bits per heavy atom. The SMILES string of the molecule is CCN(CC)S(=O)(=O)c1ccc(/C=C/C(=O)NC(CCSC)c2nnc3ccccn23)cc1. The van der Waals surface area contributed by atoms with Crippen molar-refractivity contribution in [2.75, 3.05) is 25.1 Å². The molecule has 0 aliphatic heterocycles. The zero-order chi connectivity index (χ0) is 23.8. The summed E-state index contributed by atoms with van der Waals surface area (Å²) in [5.41, 5.74) is 1.46. The van der Waals surface area contributed by atoms with Gasteiger partial charge in [0.2, 0.25) is 15.9 Å². The number of hydrogen-bond donors (Lipinski definition) is 1. The molecule has 1 atom stereocenters. The van der Waals surface area contributed by atoms with Crippen LogP contribution >= 0.6 is 11.8 Å². The number of aromatic nitrogens is 3. The fourth-order valence-electron chi connectivity index (χ4n) is 3.45. The summed E-state index contributed by atoms with van der Waals surface area (Å²) >= 11 is 1.70. The molecule has 0 radical (unpaired) electrons. The Balaban J connectivity index is 1.72. The lowest BCUT2D eigenvalue weighted by Gasteiger charge is -2.18. The molecule has 10 heteroatoms. The molecule has 0 aliphatic rings. The maximum Gasteiger partial charge on any atom is 0.244 e. The van der Waals surface area contributed by atoms with E-state index in [1.54, 1.807) is 42.1 Å². The van der Waals surface area contributed by atoms with Gasteiger partial charge in [-0.25, -0.2) is 8.42 Å². The number of carbonyl (C=O) groups excluding carboxylic acids is 1. The molecule has 2 aromatic heterocycles. The van der Waals surface area contributed by atoms with Gasteiger partial charge in [-0.15, -0.1) is 10.2 Å². The van der Waals surface area contributed by atoms with Crippen LogP contribution in [0, 0.1) is 0 Å². The van der Waals surface area contributed by atoms with Gasteiger partial charge in [0.15, 0.2) is 11.5 Å². The third-order valence-corrected chi connectivity index (χ3v) is 7.94. The lowest BCUT2D eigenvalue weighted by molar-refractivity contribution is -0.117. The Bertz CT molecular complexity index is 1200. The second kappa shape index (κ2) is 11.4. The largest absolute Gasteiger partial charge is 0.342 e. The molecule has 8 nitrogen and oxygen atoms in total. The number of sulfonamides is 1. The van der Waals surface area contributed by atoms with Gasteiger partial charge in [0.25, 0.3) is 0 Å². The molecule has 0 bridgehead atoms. The number of carbonyl (C=O) groups is 1. The number of benzene rings is 1. The van der Waals surface area contributed by atoms with E-state index < -0.39 is 10.0 Å². The average molecular weight is 488 g/mol. The van der Waals surface area contributed by atoms with Gasteiger partial charge in [0, 0.05) is 25.4 Å². The van der Waals surface area contributed by atoms with Crippen molar-refractivity contribution in [1.82, 2.24) is 24.2 Å². The van der Waals surface area contributed by atoms with Crippen LogP contribution in [-0.2, 0) is 14.8 Å². The van der Waals surface area contributed by atoms with Crippen LogP contribution in [0.1, 0.15) is 37.7 Å². The number of thioether (sulfide) groups is 1. The van der Waals surface area contributed by atoms with Crippen molar-refractivity contribution in [3.63, 3.8) is 0 Å². The van der Waals surface area contributed by atoms with E-state index in [4.69, 9.17) is 0 Å². The van der Waals surface area contributed by atoms with Gasteiger partial charge >= 0.3 is 0 Å². The van der Waals surface area contributed by atoms with Crippen molar-refractivity contribution in [3.8, 4) is 0 Å². The first kappa shape index (κ1) is 24.9. The van der Waals surface area contributed by atoms with Gasteiger partial charge in [-0.05, 0) is 54.3 Å². The summed E-state index contributed by atoms with van der Waals surface area (Å²) in [6, 6.07) is 11.9. The van der Waals surface area contributed by atoms with E-state index in [0.29, 0.717) is 25.3 Å². The zero-order valence-corrected chi connectivity index (χ0v) is 20.6. The van der Waals surface area contributed by atoms with Crippen LogP contribution in [-0.4, -0.2) is 58.3 Å². The van der Waals surface area contributed by atoms with Gasteiger partial charge in [0.05, 0.1) is 10.9 Å². The van der Waals surface area contributed by atoms with E-state index in [2.05, 4.69) is 15.5 Å². The van der Waals surface area contributed by atoms with Crippen molar-refractivity contribution < 1.29 is 13.2 Å². The minimum Gasteiger partial charge on any atom is -0.342 e. The normalized spacial score (nSPS) is 13.1. The van der Waals surface area contributed by atoms with E-state index in [1.807, 2.05) is 48.9 Å². The molecule has 0 saturated heterocycles. The summed E-state index contributed by atoms with van der Waals surface area (Å²) in [7, 11) is -3.50. The molecule has 1 amide bonds. The molecule has 3 aromatic rings. The van der Waals surface area contributed by atoms with E-state index in [-0.39, 0.29) is 16.8 Å². The number of nitrogens with one attached hydrogen (secondary N) is 1. The third kappa shape index (κ3) is 6.01. The first-order valence-corrected chi connectivity index (χ1v) is 13.6. The van der Waals surface area contributed by atoms with Crippen LogP contribution in [0.2, 0.25) is 0 Å². The molecule has 33 heavy (non-hydrogen) atoms. The number of amides is 1. The summed E-state index contributed by atoms with van der Waals surface area (Å²) < 4.78 is 28.5. The molecule has 176 valence electrons. The first-order valence-electron chi connectivity index (χ1n) is 10.8. The Morgan fingerprint density at radius 1 is 1.15 bits per heavy atom. The Hall–Kier alpha value is -2.69. The molecule has 3 rings (SSSR count). The monoisotopic (exact) mass is 487 g/mol. The van der Waals surface area contributed by atoms with E-state index in [0.717, 1.165) is 17.0 Å². The van der Waals surface area contributed by atoms with Gasteiger partial charge in [0.1, 0.15) is 0 Å². The fourth-order valence-corrected chi connectivity index (χ4v) is 5.38. The standard InChI is InChI=1S/C23H29N5O3S2/c1-4-27(5-2)33(30,31)19-12-9-18(10-13-19)11-14-22(29)24-20(15-17-32-3)23-26-25-21-8-6-7-16-28(21)23/h6-14,16,20H,4-5,15,17H2,1-3H3,(H,24,29)/b14-11+. The first-order chi connectivity index (χ1) is 15.9.